The van der Waals surface area contributed by atoms with E-state index >= 15 is 0 Å². The molecule has 4 nitrogen and oxygen atoms in total. The Balaban J connectivity index is 1.86. The molecule has 1 saturated heterocycles. The summed E-state index contributed by atoms with van der Waals surface area (Å²) in [6.07, 6.45) is -2.92. The van der Waals surface area contributed by atoms with Crippen molar-refractivity contribution in [3.63, 3.8) is 0 Å². The molecule has 23 heavy (non-hydrogen) atoms. The lowest BCUT2D eigenvalue weighted by Crippen LogP contribution is -2.42. The lowest BCUT2D eigenvalue weighted by molar-refractivity contribution is -0.204. The Morgan fingerprint density at radius 3 is 2.17 bits per heavy atom. The predicted octanol–water partition coefficient (Wildman–Crippen LogP) is 2.70. The fourth-order valence-electron chi connectivity index (χ4n) is 3.45. The standard InChI is InChI=1S/C16H19F3O4/c17-16(18,19)12-1-2-13(11(9-12)10-20)14(21)3-5-15(6-4-14)22-7-8-23-15/h1-2,9,20-21H,3-8,10H2. The van der Waals surface area contributed by atoms with Gasteiger partial charge in [-0.15, -0.1) is 0 Å². The van der Waals surface area contributed by atoms with E-state index in [9.17, 15) is 23.4 Å². The molecule has 1 aliphatic carbocycles. The predicted molar refractivity (Wildman–Crippen MR) is 74.4 cm³/mol. The van der Waals surface area contributed by atoms with Crippen LogP contribution in [0.5, 0.6) is 0 Å². The van der Waals surface area contributed by atoms with Crippen molar-refractivity contribution in [1.82, 2.24) is 0 Å². The molecule has 1 saturated carbocycles. The maximum atomic E-state index is 12.8. The van der Waals surface area contributed by atoms with Gasteiger partial charge in [0.05, 0.1) is 31.0 Å². The third-order valence-corrected chi connectivity index (χ3v) is 4.76. The first kappa shape index (κ1) is 16.7. The highest BCUT2D eigenvalue weighted by atomic mass is 19.4. The average molecular weight is 332 g/mol. The number of rotatable bonds is 2. The summed E-state index contributed by atoms with van der Waals surface area (Å²) in [6, 6.07) is 3.11. The Morgan fingerprint density at radius 2 is 1.65 bits per heavy atom. The van der Waals surface area contributed by atoms with Gasteiger partial charge in [0.25, 0.3) is 0 Å². The highest BCUT2D eigenvalue weighted by Gasteiger charge is 2.47. The summed E-state index contributed by atoms with van der Waals surface area (Å²) < 4.78 is 49.6. The SMILES string of the molecule is OCc1cc(C(F)(F)F)ccc1C1(O)CCC2(CC1)OCCO2. The average Bonchev–Trinajstić information content (AvgIpc) is 2.98. The Bertz CT molecular complexity index is 569. The Kier molecular flexibility index (Phi) is 4.16. The highest BCUT2D eigenvalue weighted by molar-refractivity contribution is 5.37. The van der Waals surface area contributed by atoms with E-state index in [-0.39, 0.29) is 5.56 Å². The van der Waals surface area contributed by atoms with Crippen molar-refractivity contribution in [3.05, 3.63) is 34.9 Å². The summed E-state index contributed by atoms with van der Waals surface area (Å²) in [4.78, 5) is 0. The number of ether oxygens (including phenoxy) is 2. The van der Waals surface area contributed by atoms with Crippen molar-refractivity contribution >= 4 is 0 Å². The van der Waals surface area contributed by atoms with Crippen LogP contribution < -0.4 is 0 Å². The minimum absolute atomic E-state index is 0.103. The minimum atomic E-state index is -4.48. The largest absolute Gasteiger partial charge is 0.416 e. The zero-order valence-corrected chi connectivity index (χ0v) is 12.5. The van der Waals surface area contributed by atoms with Crippen LogP contribution in [0.2, 0.25) is 0 Å². The van der Waals surface area contributed by atoms with Crippen LogP contribution in [0.1, 0.15) is 42.4 Å². The molecule has 2 N–H and O–H groups in total. The maximum Gasteiger partial charge on any atom is 0.416 e. The number of hydrogen-bond donors (Lipinski definition) is 2. The van der Waals surface area contributed by atoms with Gasteiger partial charge in [0, 0.05) is 12.8 Å². The molecule has 0 atom stereocenters. The van der Waals surface area contributed by atoms with E-state index in [1.54, 1.807) is 0 Å². The van der Waals surface area contributed by atoms with Crippen molar-refractivity contribution < 1.29 is 32.9 Å². The van der Waals surface area contributed by atoms with E-state index in [2.05, 4.69) is 0 Å². The van der Waals surface area contributed by atoms with Crippen molar-refractivity contribution in [1.29, 1.82) is 0 Å². The number of aliphatic hydroxyl groups is 2. The molecule has 2 aliphatic rings. The summed E-state index contributed by atoms with van der Waals surface area (Å²) >= 11 is 0. The van der Waals surface area contributed by atoms with Crippen molar-refractivity contribution in [2.24, 2.45) is 0 Å². The first-order valence-electron chi connectivity index (χ1n) is 7.60. The normalized spacial score (nSPS) is 23.3. The van der Waals surface area contributed by atoms with Crippen LogP contribution in [0, 0.1) is 0 Å². The summed E-state index contributed by atoms with van der Waals surface area (Å²) in [5, 5.41) is 20.3. The number of benzene rings is 1. The van der Waals surface area contributed by atoms with Crippen LogP contribution in [0.3, 0.4) is 0 Å². The van der Waals surface area contributed by atoms with Crippen LogP contribution in [-0.2, 0) is 27.9 Å². The van der Waals surface area contributed by atoms with Gasteiger partial charge in [0.2, 0.25) is 0 Å². The molecule has 7 heteroatoms. The van der Waals surface area contributed by atoms with Crippen LogP contribution in [0.15, 0.2) is 18.2 Å². The van der Waals surface area contributed by atoms with E-state index in [0.717, 1.165) is 12.1 Å². The Morgan fingerprint density at radius 1 is 1.04 bits per heavy atom. The maximum absolute atomic E-state index is 12.8. The van der Waals surface area contributed by atoms with Crippen LogP contribution >= 0.6 is 0 Å². The van der Waals surface area contributed by atoms with Gasteiger partial charge in [-0.2, -0.15) is 13.2 Å². The Hall–Kier alpha value is -1.15. The first-order chi connectivity index (χ1) is 10.8. The van der Waals surface area contributed by atoms with Crippen LogP contribution in [-0.4, -0.2) is 29.2 Å². The second kappa shape index (κ2) is 5.73. The lowest BCUT2D eigenvalue weighted by atomic mass is 9.75. The lowest BCUT2D eigenvalue weighted by Gasteiger charge is -2.41. The highest BCUT2D eigenvalue weighted by Crippen LogP contribution is 2.46. The van der Waals surface area contributed by atoms with Gasteiger partial charge in [-0.3, -0.25) is 0 Å². The quantitative estimate of drug-likeness (QED) is 0.874. The second-order valence-electron chi connectivity index (χ2n) is 6.17. The van der Waals surface area contributed by atoms with Gasteiger partial charge in [0.15, 0.2) is 5.79 Å². The minimum Gasteiger partial charge on any atom is -0.392 e. The smallest absolute Gasteiger partial charge is 0.392 e. The zero-order chi connectivity index (χ0) is 16.7. The van der Waals surface area contributed by atoms with E-state index in [1.165, 1.54) is 6.07 Å². The van der Waals surface area contributed by atoms with E-state index in [1.807, 2.05) is 0 Å². The first-order valence-corrected chi connectivity index (χ1v) is 7.60. The summed E-state index contributed by atoms with van der Waals surface area (Å²) in [6.45, 7) is 0.473. The van der Waals surface area contributed by atoms with Crippen molar-refractivity contribution in [2.75, 3.05) is 13.2 Å². The number of alkyl halides is 3. The van der Waals surface area contributed by atoms with Gasteiger partial charge in [0.1, 0.15) is 0 Å². The van der Waals surface area contributed by atoms with Crippen molar-refractivity contribution in [2.45, 2.75) is 49.9 Å². The molecule has 0 aromatic heterocycles. The van der Waals surface area contributed by atoms with E-state index < -0.39 is 29.7 Å². The summed E-state index contributed by atoms with van der Waals surface area (Å²) in [5.41, 5.74) is -1.65. The molecular formula is C16H19F3O4. The molecule has 2 fully saturated rings. The molecule has 1 aromatic rings. The summed E-state index contributed by atoms with van der Waals surface area (Å²) in [5.74, 6) is -0.669. The molecular weight excluding hydrogens is 313 g/mol. The molecule has 0 bridgehead atoms. The van der Waals surface area contributed by atoms with Gasteiger partial charge in [-0.1, -0.05) is 6.07 Å². The van der Waals surface area contributed by atoms with Gasteiger partial charge in [-0.25, -0.2) is 0 Å². The molecule has 1 heterocycles. The second-order valence-corrected chi connectivity index (χ2v) is 6.17. The third kappa shape index (κ3) is 3.10. The fraction of sp³-hybridized carbons (Fsp3) is 0.625. The molecule has 0 radical (unpaired) electrons. The number of hydrogen-bond acceptors (Lipinski definition) is 4. The molecule has 0 amide bonds. The third-order valence-electron chi connectivity index (χ3n) is 4.76. The summed E-state index contributed by atoms with van der Waals surface area (Å²) in [7, 11) is 0. The zero-order valence-electron chi connectivity index (χ0n) is 12.5. The molecule has 128 valence electrons. The molecule has 1 spiro atoms. The molecule has 0 unspecified atom stereocenters. The monoisotopic (exact) mass is 332 g/mol. The number of halogens is 3. The van der Waals surface area contributed by atoms with Gasteiger partial charge in [-0.05, 0) is 36.1 Å². The van der Waals surface area contributed by atoms with Gasteiger partial charge < -0.3 is 19.7 Å². The molecule has 1 aromatic carbocycles. The van der Waals surface area contributed by atoms with Gasteiger partial charge >= 0.3 is 6.18 Å². The van der Waals surface area contributed by atoms with E-state index in [0.29, 0.717) is 44.5 Å². The number of aliphatic hydroxyl groups excluding tert-OH is 1. The van der Waals surface area contributed by atoms with Crippen LogP contribution in [0.25, 0.3) is 0 Å². The Labute approximate surface area is 131 Å². The molecule has 3 rings (SSSR count). The fourth-order valence-corrected chi connectivity index (χ4v) is 3.45. The van der Waals surface area contributed by atoms with E-state index in [4.69, 9.17) is 9.47 Å². The van der Waals surface area contributed by atoms with Crippen LogP contribution in [0.4, 0.5) is 13.2 Å². The van der Waals surface area contributed by atoms with Crippen molar-refractivity contribution in [3.8, 4) is 0 Å². The topological polar surface area (TPSA) is 58.9 Å². The molecule has 1 aliphatic heterocycles.